The molecule has 6 nitrogen and oxygen atoms in total. The third-order valence-electron chi connectivity index (χ3n) is 4.78. The number of para-hydroxylation sites is 1. The van der Waals surface area contributed by atoms with Crippen molar-refractivity contribution in [1.82, 2.24) is 14.5 Å². The Morgan fingerprint density at radius 3 is 2.67 bits per heavy atom. The highest BCUT2D eigenvalue weighted by molar-refractivity contribution is 5.78. The second kappa shape index (κ2) is 10.2. The molecule has 148 valence electrons. The molecule has 0 aliphatic carbocycles. The molecule has 6 heteroatoms. The van der Waals surface area contributed by atoms with E-state index in [-0.39, 0.29) is 17.5 Å². The number of hydrogen-bond acceptors (Lipinski definition) is 4. The van der Waals surface area contributed by atoms with E-state index < -0.39 is 0 Å². The van der Waals surface area contributed by atoms with Crippen LogP contribution in [0.25, 0.3) is 10.9 Å². The molecule has 0 N–H and O–H groups in total. The largest absolute Gasteiger partial charge is 0.383 e. The van der Waals surface area contributed by atoms with Crippen molar-refractivity contribution in [1.29, 1.82) is 0 Å². The Bertz CT molecular complexity index is 816. The van der Waals surface area contributed by atoms with Crippen molar-refractivity contribution in [3.63, 3.8) is 0 Å². The van der Waals surface area contributed by atoms with Gasteiger partial charge in [0, 0.05) is 26.6 Å². The zero-order valence-corrected chi connectivity index (χ0v) is 16.9. The first-order valence-corrected chi connectivity index (χ1v) is 9.83. The van der Waals surface area contributed by atoms with E-state index in [2.05, 4.69) is 6.92 Å². The molecule has 1 heterocycles. The maximum absolute atomic E-state index is 13.0. The Balaban J connectivity index is 2.50. The normalized spacial score (nSPS) is 12.3. The quantitative estimate of drug-likeness (QED) is 0.639. The molecule has 0 bridgehead atoms. The van der Waals surface area contributed by atoms with Gasteiger partial charge in [-0.15, -0.1) is 0 Å². The van der Waals surface area contributed by atoms with Gasteiger partial charge < -0.3 is 9.64 Å². The average Bonchev–Trinajstić information content (AvgIpc) is 2.68. The Kier molecular flexibility index (Phi) is 7.98. The van der Waals surface area contributed by atoms with Gasteiger partial charge in [-0.05, 0) is 31.9 Å². The average molecular weight is 373 g/mol. The fourth-order valence-corrected chi connectivity index (χ4v) is 3.28. The number of carbonyl (C=O) groups is 1. The number of methoxy groups -OCH3 is 1. The van der Waals surface area contributed by atoms with Crippen LogP contribution in [0.4, 0.5) is 0 Å². The highest BCUT2D eigenvalue weighted by atomic mass is 16.5. The summed E-state index contributed by atoms with van der Waals surface area (Å²) >= 11 is 0. The third-order valence-corrected chi connectivity index (χ3v) is 4.78. The van der Waals surface area contributed by atoms with E-state index in [1.165, 1.54) is 0 Å². The van der Waals surface area contributed by atoms with Gasteiger partial charge in [-0.3, -0.25) is 14.2 Å². The number of nitrogens with zero attached hydrogens (tertiary/aromatic N) is 3. The lowest BCUT2D eigenvalue weighted by Crippen LogP contribution is -2.39. The minimum Gasteiger partial charge on any atom is -0.383 e. The van der Waals surface area contributed by atoms with Gasteiger partial charge >= 0.3 is 0 Å². The highest BCUT2D eigenvalue weighted by Crippen LogP contribution is 2.21. The van der Waals surface area contributed by atoms with Crippen LogP contribution >= 0.6 is 0 Å². The summed E-state index contributed by atoms with van der Waals surface area (Å²) in [4.78, 5) is 32.4. The van der Waals surface area contributed by atoms with E-state index in [1.807, 2.05) is 32.0 Å². The van der Waals surface area contributed by atoms with Gasteiger partial charge in [0.25, 0.3) is 5.56 Å². The van der Waals surface area contributed by atoms with Crippen molar-refractivity contribution >= 4 is 16.8 Å². The van der Waals surface area contributed by atoms with Gasteiger partial charge in [0.1, 0.15) is 5.82 Å². The number of rotatable bonds is 10. The van der Waals surface area contributed by atoms with Gasteiger partial charge in [-0.2, -0.15) is 0 Å². The van der Waals surface area contributed by atoms with Gasteiger partial charge in [-0.25, -0.2) is 4.98 Å². The van der Waals surface area contributed by atoms with E-state index >= 15 is 0 Å². The molecule has 2 rings (SSSR count). The second-order valence-electron chi connectivity index (χ2n) is 6.80. The number of amides is 1. The molecule has 1 aromatic heterocycles. The summed E-state index contributed by atoms with van der Waals surface area (Å²) in [5, 5.41) is 0.614. The van der Waals surface area contributed by atoms with Crippen LogP contribution in [-0.4, -0.2) is 40.6 Å². The molecule has 0 saturated carbocycles. The molecule has 0 radical (unpaired) electrons. The molecule has 0 fully saturated rings. The summed E-state index contributed by atoms with van der Waals surface area (Å²) in [6.45, 7) is 7.56. The topological polar surface area (TPSA) is 64.4 Å². The number of hydrogen-bond donors (Lipinski definition) is 0. The van der Waals surface area contributed by atoms with Gasteiger partial charge in [0.05, 0.1) is 23.6 Å². The minimum absolute atomic E-state index is 0.0444. The van der Waals surface area contributed by atoms with Crippen LogP contribution in [0, 0.1) is 0 Å². The predicted octanol–water partition coefficient (Wildman–Crippen LogP) is 3.53. The lowest BCUT2D eigenvalue weighted by Gasteiger charge is -2.30. The molecule has 1 unspecified atom stereocenters. The number of benzene rings is 1. The summed E-state index contributed by atoms with van der Waals surface area (Å²) in [6, 6.07) is 7.09. The maximum atomic E-state index is 13.0. The van der Waals surface area contributed by atoms with Gasteiger partial charge in [-0.1, -0.05) is 32.4 Å². The predicted molar refractivity (Wildman–Crippen MR) is 108 cm³/mol. The van der Waals surface area contributed by atoms with Crippen LogP contribution < -0.4 is 5.56 Å². The molecule has 27 heavy (non-hydrogen) atoms. The van der Waals surface area contributed by atoms with Gasteiger partial charge in [0.2, 0.25) is 5.91 Å². The van der Waals surface area contributed by atoms with Crippen LogP contribution in [0.5, 0.6) is 0 Å². The Labute approximate surface area is 161 Å². The molecular formula is C21H31N3O3. The number of ether oxygens (including phenoxy) is 1. The SMILES string of the molecule is CCCCC(=O)N(CCOC)C(C)c1nc2ccccc2c(=O)n1CCC. The Hall–Kier alpha value is -2.21. The lowest BCUT2D eigenvalue weighted by atomic mass is 10.1. The molecule has 1 amide bonds. The van der Waals surface area contributed by atoms with Crippen molar-refractivity contribution in [2.24, 2.45) is 0 Å². The lowest BCUT2D eigenvalue weighted by molar-refractivity contribution is -0.134. The van der Waals surface area contributed by atoms with Crippen LogP contribution in [-0.2, 0) is 16.1 Å². The van der Waals surface area contributed by atoms with Crippen molar-refractivity contribution in [3.8, 4) is 0 Å². The van der Waals surface area contributed by atoms with Crippen LogP contribution in [0.1, 0.15) is 58.3 Å². The molecular weight excluding hydrogens is 342 g/mol. The summed E-state index contributed by atoms with van der Waals surface area (Å²) < 4.78 is 6.92. The molecule has 0 aliphatic rings. The smallest absolute Gasteiger partial charge is 0.261 e. The van der Waals surface area contributed by atoms with E-state index in [0.29, 0.717) is 42.8 Å². The van der Waals surface area contributed by atoms with E-state index in [0.717, 1.165) is 19.3 Å². The fraction of sp³-hybridized carbons (Fsp3) is 0.571. The first-order valence-electron chi connectivity index (χ1n) is 9.83. The monoisotopic (exact) mass is 373 g/mol. The van der Waals surface area contributed by atoms with Crippen molar-refractivity contribution in [2.45, 2.75) is 59.0 Å². The molecule has 0 aliphatic heterocycles. The van der Waals surface area contributed by atoms with Crippen molar-refractivity contribution in [2.75, 3.05) is 20.3 Å². The van der Waals surface area contributed by atoms with Crippen LogP contribution in [0.15, 0.2) is 29.1 Å². The Morgan fingerprint density at radius 2 is 2.00 bits per heavy atom. The molecule has 1 aromatic carbocycles. The summed E-state index contributed by atoms with van der Waals surface area (Å²) in [7, 11) is 1.63. The number of fused-ring (bicyclic) bond motifs is 1. The molecule has 0 saturated heterocycles. The van der Waals surface area contributed by atoms with Gasteiger partial charge in [0.15, 0.2) is 0 Å². The highest BCUT2D eigenvalue weighted by Gasteiger charge is 2.25. The van der Waals surface area contributed by atoms with Crippen molar-refractivity contribution in [3.05, 3.63) is 40.4 Å². The number of carbonyl (C=O) groups excluding carboxylic acids is 1. The van der Waals surface area contributed by atoms with E-state index in [4.69, 9.17) is 9.72 Å². The zero-order chi connectivity index (χ0) is 19.8. The van der Waals surface area contributed by atoms with E-state index in [9.17, 15) is 9.59 Å². The van der Waals surface area contributed by atoms with Crippen LogP contribution in [0.2, 0.25) is 0 Å². The fourth-order valence-electron chi connectivity index (χ4n) is 3.28. The first-order chi connectivity index (χ1) is 13.0. The Morgan fingerprint density at radius 1 is 1.26 bits per heavy atom. The maximum Gasteiger partial charge on any atom is 0.261 e. The second-order valence-corrected chi connectivity index (χ2v) is 6.80. The van der Waals surface area contributed by atoms with Crippen LogP contribution in [0.3, 0.4) is 0 Å². The molecule has 2 aromatic rings. The molecule has 0 spiro atoms. The zero-order valence-electron chi connectivity index (χ0n) is 16.9. The molecule has 1 atom stereocenters. The van der Waals surface area contributed by atoms with Crippen molar-refractivity contribution < 1.29 is 9.53 Å². The summed E-state index contributed by atoms with van der Waals surface area (Å²) in [6.07, 6.45) is 3.13. The summed E-state index contributed by atoms with van der Waals surface area (Å²) in [5.74, 6) is 0.716. The first kappa shape index (κ1) is 21.1. The number of unbranched alkanes of at least 4 members (excludes halogenated alkanes) is 1. The third kappa shape index (κ3) is 4.95. The minimum atomic E-state index is -0.298. The standard InChI is InChI=1S/C21H31N3O3/c1-5-7-12-19(25)23(14-15-27-4)16(3)20-22-18-11-9-8-10-17(18)21(26)24(20)13-6-2/h8-11,16H,5-7,12-15H2,1-4H3. The summed E-state index contributed by atoms with van der Waals surface area (Å²) in [5.41, 5.74) is 0.626. The number of aromatic nitrogens is 2. The van der Waals surface area contributed by atoms with E-state index in [1.54, 1.807) is 22.6 Å².